The molecule has 1 aliphatic heterocycles. The van der Waals surface area contributed by atoms with Gasteiger partial charge in [-0.2, -0.15) is 0 Å². The Bertz CT molecular complexity index is 792. The lowest BCUT2D eigenvalue weighted by molar-refractivity contribution is -0.104. The van der Waals surface area contributed by atoms with Crippen LogP contribution in [0.1, 0.15) is 61.9 Å². The van der Waals surface area contributed by atoms with Gasteiger partial charge in [-0.3, -0.25) is 9.97 Å². The molecular formula is C23H30BrN3O. The Kier molecular flexibility index (Phi) is 6.14. The van der Waals surface area contributed by atoms with E-state index in [1.165, 1.54) is 36.9 Å². The maximum absolute atomic E-state index is 6.34. The van der Waals surface area contributed by atoms with Crippen LogP contribution in [-0.4, -0.2) is 28.7 Å². The smallest absolute Gasteiger partial charge is 0.0691 e. The SMILES string of the molecule is Cc1ncc(CNCCC2(c3ccccn3)CCOC3(CCCC3)C2)cc1Br. The number of nitrogens with zero attached hydrogens (tertiary/aromatic N) is 2. The highest BCUT2D eigenvalue weighted by Gasteiger charge is 2.48. The van der Waals surface area contributed by atoms with Gasteiger partial charge in [0.15, 0.2) is 0 Å². The average Bonchev–Trinajstić information content (AvgIpc) is 3.16. The second-order valence-corrected chi connectivity index (χ2v) is 9.35. The molecule has 1 atom stereocenters. The summed E-state index contributed by atoms with van der Waals surface area (Å²) in [5, 5.41) is 3.64. The van der Waals surface area contributed by atoms with Crippen molar-refractivity contribution in [2.75, 3.05) is 13.2 Å². The molecule has 2 fully saturated rings. The van der Waals surface area contributed by atoms with Crippen LogP contribution >= 0.6 is 15.9 Å². The van der Waals surface area contributed by atoms with Gasteiger partial charge in [-0.15, -0.1) is 0 Å². The molecule has 0 aromatic carbocycles. The van der Waals surface area contributed by atoms with Crippen LogP contribution in [0, 0.1) is 6.92 Å². The normalized spacial score (nSPS) is 23.9. The Morgan fingerprint density at radius 3 is 2.79 bits per heavy atom. The number of pyridine rings is 2. The number of halogens is 1. The zero-order valence-electron chi connectivity index (χ0n) is 16.7. The Labute approximate surface area is 176 Å². The van der Waals surface area contributed by atoms with Gasteiger partial charge in [0.05, 0.1) is 11.3 Å². The van der Waals surface area contributed by atoms with E-state index in [1.807, 2.05) is 25.4 Å². The molecule has 1 spiro atoms. The minimum atomic E-state index is 0.0848. The molecule has 3 heterocycles. The lowest BCUT2D eigenvalue weighted by Crippen LogP contribution is -2.47. The third kappa shape index (κ3) is 4.32. The lowest BCUT2D eigenvalue weighted by Gasteiger charge is -2.46. The van der Waals surface area contributed by atoms with Gasteiger partial charge in [-0.1, -0.05) is 18.9 Å². The summed E-state index contributed by atoms with van der Waals surface area (Å²) in [6.07, 6.45) is 12.2. The highest BCUT2D eigenvalue weighted by atomic mass is 79.9. The topological polar surface area (TPSA) is 47.0 Å². The van der Waals surface area contributed by atoms with Gasteiger partial charge in [0.1, 0.15) is 0 Å². The standard InChI is InChI=1S/C23H30BrN3O/c1-18-20(24)14-19(16-27-18)15-25-12-9-22(21-6-2-5-11-26-21)10-13-28-23(17-22)7-3-4-8-23/h2,5-6,11,14,16,25H,3-4,7-10,12-13,15,17H2,1H3. The van der Waals surface area contributed by atoms with Crippen LogP contribution in [0.4, 0.5) is 0 Å². The van der Waals surface area contributed by atoms with Crippen LogP contribution in [0.15, 0.2) is 41.1 Å². The van der Waals surface area contributed by atoms with Crippen LogP contribution in [0.5, 0.6) is 0 Å². The Morgan fingerprint density at radius 1 is 1.18 bits per heavy atom. The fourth-order valence-corrected chi connectivity index (χ4v) is 5.40. The Balaban J connectivity index is 1.45. The summed E-state index contributed by atoms with van der Waals surface area (Å²) in [7, 11) is 0. The number of aromatic nitrogens is 2. The second-order valence-electron chi connectivity index (χ2n) is 8.50. The van der Waals surface area contributed by atoms with Crippen molar-refractivity contribution in [3.05, 3.63) is 58.1 Å². The predicted molar refractivity (Wildman–Crippen MR) is 115 cm³/mol. The van der Waals surface area contributed by atoms with E-state index < -0.39 is 0 Å². The molecule has 0 bridgehead atoms. The summed E-state index contributed by atoms with van der Waals surface area (Å²) in [6, 6.07) is 8.52. The monoisotopic (exact) mass is 443 g/mol. The summed E-state index contributed by atoms with van der Waals surface area (Å²) < 4.78 is 7.41. The highest BCUT2D eigenvalue weighted by molar-refractivity contribution is 9.10. The van der Waals surface area contributed by atoms with Gasteiger partial charge < -0.3 is 10.1 Å². The number of rotatable bonds is 6. The molecule has 2 aromatic heterocycles. The molecule has 150 valence electrons. The Hall–Kier alpha value is -1.30. The minimum absolute atomic E-state index is 0.0848. The Morgan fingerprint density at radius 2 is 2.04 bits per heavy atom. The quantitative estimate of drug-likeness (QED) is 0.631. The van der Waals surface area contributed by atoms with Crippen molar-refractivity contribution in [3.63, 3.8) is 0 Å². The van der Waals surface area contributed by atoms with E-state index in [0.29, 0.717) is 0 Å². The third-order valence-corrected chi connectivity index (χ3v) is 7.37. The fraction of sp³-hybridized carbons (Fsp3) is 0.565. The van der Waals surface area contributed by atoms with Gasteiger partial charge in [-0.05, 0) is 85.3 Å². The van der Waals surface area contributed by atoms with E-state index in [0.717, 1.165) is 49.1 Å². The summed E-state index contributed by atoms with van der Waals surface area (Å²) in [5.74, 6) is 0. The molecule has 0 radical (unpaired) electrons. The fourth-order valence-electron chi connectivity index (χ4n) is 5.00. The van der Waals surface area contributed by atoms with Crippen molar-refractivity contribution >= 4 is 15.9 Å². The van der Waals surface area contributed by atoms with E-state index in [4.69, 9.17) is 9.72 Å². The summed E-state index contributed by atoms with van der Waals surface area (Å²) >= 11 is 3.58. The summed E-state index contributed by atoms with van der Waals surface area (Å²) in [5.41, 5.74) is 3.68. The van der Waals surface area contributed by atoms with E-state index >= 15 is 0 Å². The number of hydrogen-bond acceptors (Lipinski definition) is 4. The van der Waals surface area contributed by atoms with Crippen molar-refractivity contribution in [1.29, 1.82) is 0 Å². The summed E-state index contributed by atoms with van der Waals surface area (Å²) in [4.78, 5) is 9.23. The molecule has 0 amide bonds. The number of ether oxygens (including phenoxy) is 1. The molecular weight excluding hydrogens is 414 g/mol. The lowest BCUT2D eigenvalue weighted by atomic mass is 9.68. The second kappa shape index (κ2) is 8.60. The first-order valence-corrected chi connectivity index (χ1v) is 11.3. The molecule has 4 nitrogen and oxygen atoms in total. The molecule has 5 heteroatoms. The largest absolute Gasteiger partial charge is 0.375 e. The number of hydrogen-bond donors (Lipinski definition) is 1. The maximum Gasteiger partial charge on any atom is 0.0691 e. The minimum Gasteiger partial charge on any atom is -0.375 e. The number of nitrogens with one attached hydrogen (secondary N) is 1. The van der Waals surface area contributed by atoms with Crippen molar-refractivity contribution in [3.8, 4) is 0 Å². The van der Waals surface area contributed by atoms with Crippen molar-refractivity contribution < 1.29 is 4.74 Å². The first kappa shape index (κ1) is 20.0. The van der Waals surface area contributed by atoms with Crippen LogP contribution in [0.25, 0.3) is 0 Å². The van der Waals surface area contributed by atoms with E-state index in [1.54, 1.807) is 0 Å². The van der Waals surface area contributed by atoms with Crippen molar-refractivity contribution in [2.45, 2.75) is 69.4 Å². The highest BCUT2D eigenvalue weighted by Crippen LogP contribution is 2.49. The maximum atomic E-state index is 6.34. The molecule has 1 saturated carbocycles. The van der Waals surface area contributed by atoms with E-state index in [9.17, 15) is 0 Å². The molecule has 1 saturated heterocycles. The zero-order chi connectivity index (χ0) is 19.5. The average molecular weight is 444 g/mol. The van der Waals surface area contributed by atoms with Gasteiger partial charge in [-0.25, -0.2) is 0 Å². The molecule has 28 heavy (non-hydrogen) atoms. The molecule has 1 unspecified atom stereocenters. The van der Waals surface area contributed by atoms with Crippen LogP contribution in [0.3, 0.4) is 0 Å². The molecule has 4 rings (SSSR count). The third-order valence-electron chi connectivity index (χ3n) is 6.56. The zero-order valence-corrected chi connectivity index (χ0v) is 18.3. The van der Waals surface area contributed by atoms with Crippen LogP contribution in [0.2, 0.25) is 0 Å². The summed E-state index contributed by atoms with van der Waals surface area (Å²) in [6.45, 7) is 4.68. The number of aryl methyl sites for hydroxylation is 1. The van der Waals surface area contributed by atoms with Gasteiger partial charge in [0.25, 0.3) is 0 Å². The molecule has 2 aromatic rings. The van der Waals surface area contributed by atoms with Gasteiger partial charge in [0.2, 0.25) is 0 Å². The van der Waals surface area contributed by atoms with Crippen molar-refractivity contribution in [1.82, 2.24) is 15.3 Å². The van der Waals surface area contributed by atoms with Gasteiger partial charge in [0, 0.05) is 41.1 Å². The first-order chi connectivity index (χ1) is 13.6. The van der Waals surface area contributed by atoms with Gasteiger partial charge >= 0.3 is 0 Å². The molecule has 1 N–H and O–H groups in total. The van der Waals surface area contributed by atoms with Crippen LogP contribution < -0.4 is 5.32 Å². The van der Waals surface area contributed by atoms with E-state index in [2.05, 4.69) is 44.4 Å². The first-order valence-electron chi connectivity index (χ1n) is 10.5. The predicted octanol–water partition coefficient (Wildman–Crippen LogP) is 5.09. The van der Waals surface area contributed by atoms with Crippen LogP contribution in [-0.2, 0) is 16.7 Å². The molecule has 1 aliphatic carbocycles. The molecule has 2 aliphatic rings. The van der Waals surface area contributed by atoms with Crippen molar-refractivity contribution in [2.24, 2.45) is 0 Å². The van der Waals surface area contributed by atoms with E-state index in [-0.39, 0.29) is 11.0 Å².